The molecule has 108 valence electrons. The molecule has 2 heterocycles. The Bertz CT molecular complexity index is 588. The molecule has 0 saturated heterocycles. The summed E-state index contributed by atoms with van der Waals surface area (Å²) in [5.41, 5.74) is 6.22. The van der Waals surface area contributed by atoms with Gasteiger partial charge in [-0.15, -0.1) is 0 Å². The lowest BCUT2D eigenvalue weighted by atomic mass is 10.3. The van der Waals surface area contributed by atoms with Gasteiger partial charge in [0.25, 0.3) is 0 Å². The molecule has 0 saturated carbocycles. The number of nitrogens with zero attached hydrogens (tertiary/aromatic N) is 4. The minimum Gasteiger partial charge on any atom is -0.461 e. The van der Waals surface area contributed by atoms with Crippen molar-refractivity contribution < 1.29 is 9.53 Å². The van der Waals surface area contributed by atoms with Crippen LogP contribution in [0.15, 0.2) is 18.7 Å². The van der Waals surface area contributed by atoms with Crippen molar-refractivity contribution in [2.75, 3.05) is 12.3 Å². The molecule has 20 heavy (non-hydrogen) atoms. The zero-order chi connectivity index (χ0) is 14.7. The molecule has 0 radical (unpaired) electrons. The standard InChI is InChI=1S/C13H19N5O2/c1-4-20-13(19)11-12(14)18(10(3)16-11)9(2)7-17-6-5-15-8-17/h5-6,8-9H,4,7,14H2,1-3H3. The van der Waals surface area contributed by atoms with Crippen molar-refractivity contribution in [2.45, 2.75) is 33.4 Å². The summed E-state index contributed by atoms with van der Waals surface area (Å²) in [4.78, 5) is 20.0. The second-order valence-electron chi connectivity index (χ2n) is 4.59. The molecule has 0 aromatic carbocycles. The van der Waals surface area contributed by atoms with E-state index in [0.29, 0.717) is 24.8 Å². The summed E-state index contributed by atoms with van der Waals surface area (Å²) >= 11 is 0. The normalized spacial score (nSPS) is 12.3. The molecule has 0 bridgehead atoms. The number of rotatable bonds is 5. The maximum absolute atomic E-state index is 11.8. The number of imidazole rings is 2. The number of hydrogen-bond acceptors (Lipinski definition) is 5. The molecule has 2 rings (SSSR count). The van der Waals surface area contributed by atoms with E-state index < -0.39 is 5.97 Å². The lowest BCUT2D eigenvalue weighted by Crippen LogP contribution is -2.16. The fourth-order valence-electron chi connectivity index (χ4n) is 2.25. The lowest BCUT2D eigenvalue weighted by molar-refractivity contribution is 0.0521. The highest BCUT2D eigenvalue weighted by molar-refractivity contribution is 5.92. The Morgan fingerprint density at radius 3 is 2.90 bits per heavy atom. The van der Waals surface area contributed by atoms with Gasteiger partial charge in [-0.25, -0.2) is 14.8 Å². The number of ether oxygens (including phenoxy) is 1. The first-order chi connectivity index (χ1) is 9.54. The van der Waals surface area contributed by atoms with E-state index in [1.54, 1.807) is 19.4 Å². The van der Waals surface area contributed by atoms with Crippen molar-refractivity contribution in [2.24, 2.45) is 0 Å². The highest BCUT2D eigenvalue weighted by atomic mass is 16.5. The largest absolute Gasteiger partial charge is 0.461 e. The average Bonchev–Trinajstić information content (AvgIpc) is 2.98. The fourth-order valence-corrected chi connectivity index (χ4v) is 2.25. The summed E-state index contributed by atoms with van der Waals surface area (Å²) in [5.74, 6) is 0.549. The third-order valence-electron chi connectivity index (χ3n) is 3.07. The van der Waals surface area contributed by atoms with Crippen LogP contribution in [-0.2, 0) is 11.3 Å². The molecule has 1 atom stereocenters. The van der Waals surface area contributed by atoms with Crippen molar-refractivity contribution in [3.05, 3.63) is 30.2 Å². The van der Waals surface area contributed by atoms with E-state index in [-0.39, 0.29) is 11.7 Å². The summed E-state index contributed by atoms with van der Waals surface area (Å²) in [7, 11) is 0. The maximum atomic E-state index is 11.8. The number of carbonyl (C=O) groups is 1. The molecule has 2 aromatic heterocycles. The van der Waals surface area contributed by atoms with Crippen LogP contribution < -0.4 is 5.73 Å². The fraction of sp³-hybridized carbons (Fsp3) is 0.462. The summed E-state index contributed by atoms with van der Waals surface area (Å²) < 4.78 is 8.74. The first-order valence-electron chi connectivity index (χ1n) is 6.51. The molecule has 0 aliphatic heterocycles. The highest BCUT2D eigenvalue weighted by Crippen LogP contribution is 2.22. The van der Waals surface area contributed by atoms with E-state index in [0.717, 1.165) is 0 Å². The number of hydrogen-bond donors (Lipinski definition) is 1. The number of carbonyl (C=O) groups excluding carboxylic acids is 1. The number of nitrogens with two attached hydrogens (primary N) is 1. The predicted octanol–water partition coefficient (Wildman–Crippen LogP) is 1.41. The van der Waals surface area contributed by atoms with Gasteiger partial charge >= 0.3 is 5.97 Å². The van der Waals surface area contributed by atoms with Crippen LogP contribution >= 0.6 is 0 Å². The molecule has 2 N–H and O–H groups in total. The van der Waals surface area contributed by atoms with Crippen molar-refractivity contribution in [3.63, 3.8) is 0 Å². The lowest BCUT2D eigenvalue weighted by Gasteiger charge is -2.17. The van der Waals surface area contributed by atoms with Crippen molar-refractivity contribution >= 4 is 11.8 Å². The molecule has 0 aliphatic carbocycles. The highest BCUT2D eigenvalue weighted by Gasteiger charge is 2.22. The molecule has 0 aliphatic rings. The third-order valence-corrected chi connectivity index (χ3v) is 3.07. The monoisotopic (exact) mass is 277 g/mol. The van der Waals surface area contributed by atoms with Gasteiger partial charge in [-0.05, 0) is 20.8 Å². The Morgan fingerprint density at radius 1 is 1.55 bits per heavy atom. The number of aromatic nitrogens is 4. The van der Waals surface area contributed by atoms with Gasteiger partial charge in [-0.1, -0.05) is 0 Å². The molecule has 0 amide bonds. The molecule has 0 spiro atoms. The summed E-state index contributed by atoms with van der Waals surface area (Å²) in [6.45, 7) is 6.58. The van der Waals surface area contributed by atoms with Gasteiger partial charge in [-0.3, -0.25) is 0 Å². The molecule has 7 nitrogen and oxygen atoms in total. The quantitative estimate of drug-likeness (QED) is 0.835. The minimum absolute atomic E-state index is 0.0554. The molecule has 1 unspecified atom stereocenters. The van der Waals surface area contributed by atoms with Crippen molar-refractivity contribution in [3.8, 4) is 0 Å². The first-order valence-corrected chi connectivity index (χ1v) is 6.51. The topological polar surface area (TPSA) is 88.0 Å². The molecule has 2 aromatic rings. The van der Waals surface area contributed by atoms with Gasteiger partial charge in [0.15, 0.2) is 5.69 Å². The Balaban J connectivity index is 2.25. The minimum atomic E-state index is -0.485. The van der Waals surface area contributed by atoms with Gasteiger partial charge in [0, 0.05) is 18.9 Å². The first kappa shape index (κ1) is 14.1. The van der Waals surface area contributed by atoms with Gasteiger partial charge in [-0.2, -0.15) is 0 Å². The van der Waals surface area contributed by atoms with E-state index in [4.69, 9.17) is 10.5 Å². The summed E-state index contributed by atoms with van der Waals surface area (Å²) in [6.07, 6.45) is 5.34. The van der Waals surface area contributed by atoms with Gasteiger partial charge in [0.05, 0.1) is 19.0 Å². The van der Waals surface area contributed by atoms with Crippen LogP contribution in [0.4, 0.5) is 5.82 Å². The van der Waals surface area contributed by atoms with E-state index in [9.17, 15) is 4.79 Å². The van der Waals surface area contributed by atoms with E-state index >= 15 is 0 Å². The van der Waals surface area contributed by atoms with Crippen molar-refractivity contribution in [1.82, 2.24) is 19.1 Å². The molecule has 0 fully saturated rings. The van der Waals surface area contributed by atoms with Crippen LogP contribution in [0, 0.1) is 6.92 Å². The number of esters is 1. The summed E-state index contributed by atoms with van der Waals surface area (Å²) in [5, 5.41) is 0. The van der Waals surface area contributed by atoms with Crippen LogP contribution in [0.3, 0.4) is 0 Å². The molecular weight excluding hydrogens is 258 g/mol. The van der Waals surface area contributed by atoms with Gasteiger partial charge in [0.2, 0.25) is 0 Å². The Morgan fingerprint density at radius 2 is 2.30 bits per heavy atom. The van der Waals surface area contributed by atoms with Crippen molar-refractivity contribution in [1.29, 1.82) is 0 Å². The van der Waals surface area contributed by atoms with Crippen LogP contribution in [0.25, 0.3) is 0 Å². The third kappa shape index (κ3) is 2.66. The average molecular weight is 277 g/mol. The number of aryl methyl sites for hydroxylation is 1. The number of anilines is 1. The van der Waals surface area contributed by atoms with Crippen LogP contribution in [0.5, 0.6) is 0 Å². The SMILES string of the molecule is CCOC(=O)c1nc(C)n(C(C)Cn2ccnc2)c1N. The second kappa shape index (κ2) is 5.77. The Labute approximate surface area is 117 Å². The van der Waals surface area contributed by atoms with Crippen LogP contribution in [-0.4, -0.2) is 31.7 Å². The second-order valence-corrected chi connectivity index (χ2v) is 4.59. The summed E-state index contributed by atoms with van der Waals surface area (Å²) in [6, 6.07) is 0.0554. The van der Waals surface area contributed by atoms with Crippen LogP contribution in [0.1, 0.15) is 36.2 Å². The Hall–Kier alpha value is -2.31. The van der Waals surface area contributed by atoms with Gasteiger partial charge in [0.1, 0.15) is 11.6 Å². The zero-order valence-electron chi connectivity index (χ0n) is 11.9. The Kier molecular flexibility index (Phi) is 4.07. The smallest absolute Gasteiger partial charge is 0.360 e. The molecular formula is C13H19N5O2. The van der Waals surface area contributed by atoms with E-state index in [2.05, 4.69) is 9.97 Å². The van der Waals surface area contributed by atoms with Gasteiger partial charge < -0.3 is 19.6 Å². The van der Waals surface area contributed by atoms with E-state index in [1.165, 1.54) is 0 Å². The predicted molar refractivity (Wildman–Crippen MR) is 74.3 cm³/mol. The van der Waals surface area contributed by atoms with Crippen LogP contribution in [0.2, 0.25) is 0 Å². The van der Waals surface area contributed by atoms with E-state index in [1.807, 2.05) is 29.2 Å². The number of nitrogen functional groups attached to an aromatic ring is 1. The zero-order valence-corrected chi connectivity index (χ0v) is 11.9. The maximum Gasteiger partial charge on any atom is 0.360 e. The molecule has 7 heteroatoms.